The van der Waals surface area contributed by atoms with Crippen LogP contribution in [0.25, 0.3) is 0 Å². The summed E-state index contributed by atoms with van der Waals surface area (Å²) in [5.74, 6) is -0.457. The van der Waals surface area contributed by atoms with Crippen LogP contribution in [0.5, 0.6) is 0 Å². The van der Waals surface area contributed by atoms with Crippen LogP contribution in [0.15, 0.2) is 42.7 Å². The second-order valence-electron chi connectivity index (χ2n) is 4.23. The smallest absolute Gasteiger partial charge is 0.171 e. The highest BCUT2D eigenvalue weighted by Gasteiger charge is 2.07. The zero-order valence-corrected chi connectivity index (χ0v) is 12.3. The largest absolute Gasteiger partial charge is 0.356 e. The first kappa shape index (κ1) is 14.7. The molecule has 20 heavy (non-hydrogen) atoms. The van der Waals surface area contributed by atoms with Crippen LogP contribution in [-0.2, 0) is 0 Å². The Bertz CT molecular complexity index is 607. The topological polar surface area (TPSA) is 37.0 Å². The molecule has 0 amide bonds. The molecule has 0 aliphatic carbocycles. The van der Waals surface area contributed by atoms with Gasteiger partial charge in [0.15, 0.2) is 5.11 Å². The Morgan fingerprint density at radius 1 is 1.30 bits per heavy atom. The number of hydrogen-bond acceptors (Lipinski definition) is 2. The van der Waals surface area contributed by atoms with Crippen molar-refractivity contribution in [2.24, 2.45) is 0 Å². The lowest BCUT2D eigenvalue weighted by Crippen LogP contribution is -2.30. The minimum atomic E-state index is -0.457. The lowest BCUT2D eigenvalue weighted by Gasteiger charge is -2.17. The number of anilines is 1. The van der Waals surface area contributed by atoms with Gasteiger partial charge < -0.3 is 10.6 Å². The van der Waals surface area contributed by atoms with Crippen molar-refractivity contribution < 1.29 is 4.39 Å². The molecule has 0 bridgehead atoms. The van der Waals surface area contributed by atoms with Gasteiger partial charge in [-0.3, -0.25) is 4.98 Å². The van der Waals surface area contributed by atoms with E-state index in [1.807, 2.05) is 19.1 Å². The van der Waals surface area contributed by atoms with Crippen molar-refractivity contribution >= 4 is 34.6 Å². The van der Waals surface area contributed by atoms with Crippen molar-refractivity contribution in [1.29, 1.82) is 0 Å². The summed E-state index contributed by atoms with van der Waals surface area (Å²) in [4.78, 5) is 3.97. The molecule has 0 aliphatic rings. The molecule has 2 N–H and O–H groups in total. The number of benzene rings is 1. The molecule has 1 atom stereocenters. The molecule has 2 rings (SSSR count). The normalized spacial score (nSPS) is 11.8. The van der Waals surface area contributed by atoms with E-state index in [1.54, 1.807) is 18.5 Å². The van der Waals surface area contributed by atoms with E-state index in [1.165, 1.54) is 12.1 Å². The van der Waals surface area contributed by atoms with E-state index < -0.39 is 5.82 Å². The maximum atomic E-state index is 13.1. The van der Waals surface area contributed by atoms with Gasteiger partial charge in [0.1, 0.15) is 5.82 Å². The Kier molecular flexibility index (Phi) is 4.87. The third-order valence-electron chi connectivity index (χ3n) is 2.73. The second kappa shape index (κ2) is 6.63. The van der Waals surface area contributed by atoms with Crippen LogP contribution < -0.4 is 10.6 Å². The van der Waals surface area contributed by atoms with E-state index >= 15 is 0 Å². The fourth-order valence-electron chi connectivity index (χ4n) is 1.67. The predicted octanol–water partition coefficient (Wildman–Crippen LogP) is 3.92. The van der Waals surface area contributed by atoms with E-state index in [2.05, 4.69) is 15.6 Å². The summed E-state index contributed by atoms with van der Waals surface area (Å²) in [6.45, 7) is 1.99. The molecule has 1 aromatic heterocycles. The highest BCUT2D eigenvalue weighted by atomic mass is 35.5. The Morgan fingerprint density at radius 2 is 2.00 bits per heavy atom. The zero-order valence-electron chi connectivity index (χ0n) is 10.7. The summed E-state index contributed by atoms with van der Waals surface area (Å²) < 4.78 is 13.1. The molecule has 3 nitrogen and oxygen atoms in total. The number of nitrogens with zero attached hydrogens (tertiary/aromatic N) is 1. The molecule has 1 aromatic carbocycles. The number of nitrogens with one attached hydrogen (secondary N) is 2. The SMILES string of the molecule is CC(NC(=S)Nc1ccc(F)c(Cl)c1)c1ccncc1. The summed E-state index contributed by atoms with van der Waals surface area (Å²) in [6, 6.07) is 8.21. The lowest BCUT2D eigenvalue weighted by atomic mass is 10.1. The molecule has 0 saturated heterocycles. The first-order chi connectivity index (χ1) is 9.56. The predicted molar refractivity (Wildman–Crippen MR) is 83.4 cm³/mol. The van der Waals surface area contributed by atoms with E-state index in [0.717, 1.165) is 5.56 Å². The van der Waals surface area contributed by atoms with Gasteiger partial charge in [0.2, 0.25) is 0 Å². The molecule has 104 valence electrons. The van der Waals surface area contributed by atoms with Crippen LogP contribution in [-0.4, -0.2) is 10.1 Å². The summed E-state index contributed by atoms with van der Waals surface area (Å²) in [6.07, 6.45) is 3.45. The van der Waals surface area contributed by atoms with Crippen molar-refractivity contribution in [1.82, 2.24) is 10.3 Å². The Labute approximate surface area is 127 Å². The number of hydrogen-bond donors (Lipinski definition) is 2. The second-order valence-corrected chi connectivity index (χ2v) is 5.05. The van der Waals surface area contributed by atoms with E-state index in [0.29, 0.717) is 10.8 Å². The molecule has 2 aromatic rings. The van der Waals surface area contributed by atoms with Crippen LogP contribution in [0, 0.1) is 5.82 Å². The minimum absolute atomic E-state index is 0.0360. The van der Waals surface area contributed by atoms with Crippen LogP contribution in [0.3, 0.4) is 0 Å². The van der Waals surface area contributed by atoms with Gasteiger partial charge in [-0.15, -0.1) is 0 Å². The summed E-state index contributed by atoms with van der Waals surface area (Å²) in [5, 5.41) is 6.60. The molecule has 1 unspecified atom stereocenters. The van der Waals surface area contributed by atoms with Gasteiger partial charge in [0.05, 0.1) is 11.1 Å². The van der Waals surface area contributed by atoms with Gasteiger partial charge in [-0.2, -0.15) is 0 Å². The number of rotatable bonds is 3. The third-order valence-corrected chi connectivity index (χ3v) is 3.24. The van der Waals surface area contributed by atoms with Gasteiger partial charge in [-0.05, 0) is 55.0 Å². The van der Waals surface area contributed by atoms with Crippen LogP contribution >= 0.6 is 23.8 Å². The minimum Gasteiger partial charge on any atom is -0.356 e. The standard InChI is InChI=1S/C14H13ClFN3S/c1-9(10-4-6-17-7-5-10)18-14(20)19-11-2-3-13(16)12(15)8-11/h2-9H,1H3,(H2,18,19,20). The van der Waals surface area contributed by atoms with Crippen molar-refractivity contribution in [2.45, 2.75) is 13.0 Å². The van der Waals surface area contributed by atoms with E-state index in [-0.39, 0.29) is 11.1 Å². The Morgan fingerprint density at radius 3 is 2.65 bits per heavy atom. The van der Waals surface area contributed by atoms with E-state index in [4.69, 9.17) is 23.8 Å². The van der Waals surface area contributed by atoms with Crippen molar-refractivity contribution in [3.63, 3.8) is 0 Å². The molecule has 0 fully saturated rings. The molecular weight excluding hydrogens is 297 g/mol. The Hall–Kier alpha value is -1.72. The molecule has 0 aliphatic heterocycles. The van der Waals surface area contributed by atoms with Crippen LogP contribution in [0.1, 0.15) is 18.5 Å². The molecule has 6 heteroatoms. The Balaban J connectivity index is 1.97. The molecule has 0 saturated carbocycles. The van der Waals surface area contributed by atoms with Gasteiger partial charge in [0, 0.05) is 18.1 Å². The number of halogens is 2. The third kappa shape index (κ3) is 3.88. The number of pyridine rings is 1. The van der Waals surface area contributed by atoms with Crippen LogP contribution in [0.4, 0.5) is 10.1 Å². The van der Waals surface area contributed by atoms with Gasteiger partial charge >= 0.3 is 0 Å². The average Bonchev–Trinajstić information content (AvgIpc) is 2.44. The van der Waals surface area contributed by atoms with E-state index in [9.17, 15) is 4.39 Å². The summed E-state index contributed by atoms with van der Waals surface area (Å²) in [5.41, 5.74) is 1.71. The van der Waals surface area contributed by atoms with Gasteiger partial charge in [0.25, 0.3) is 0 Å². The first-order valence-electron chi connectivity index (χ1n) is 5.99. The monoisotopic (exact) mass is 309 g/mol. The lowest BCUT2D eigenvalue weighted by molar-refractivity contribution is 0.628. The quantitative estimate of drug-likeness (QED) is 0.843. The van der Waals surface area contributed by atoms with Crippen molar-refractivity contribution in [3.05, 3.63) is 59.1 Å². The number of aromatic nitrogens is 1. The highest BCUT2D eigenvalue weighted by Crippen LogP contribution is 2.19. The maximum Gasteiger partial charge on any atom is 0.171 e. The van der Waals surface area contributed by atoms with Crippen LogP contribution in [0.2, 0.25) is 5.02 Å². The summed E-state index contributed by atoms with van der Waals surface area (Å²) in [7, 11) is 0. The average molecular weight is 310 g/mol. The highest BCUT2D eigenvalue weighted by molar-refractivity contribution is 7.80. The first-order valence-corrected chi connectivity index (χ1v) is 6.77. The number of thiocarbonyl (C=S) groups is 1. The molecular formula is C14H13ClFN3S. The molecule has 0 spiro atoms. The fraction of sp³-hybridized carbons (Fsp3) is 0.143. The zero-order chi connectivity index (χ0) is 14.5. The van der Waals surface area contributed by atoms with Gasteiger partial charge in [-0.1, -0.05) is 11.6 Å². The molecule has 0 radical (unpaired) electrons. The summed E-state index contributed by atoms with van der Waals surface area (Å²) >= 11 is 10.9. The van der Waals surface area contributed by atoms with Crippen molar-refractivity contribution in [2.75, 3.05) is 5.32 Å². The molecule has 1 heterocycles. The maximum absolute atomic E-state index is 13.1. The fourth-order valence-corrected chi connectivity index (χ4v) is 2.15. The van der Waals surface area contributed by atoms with Crippen molar-refractivity contribution in [3.8, 4) is 0 Å². The van der Waals surface area contributed by atoms with Gasteiger partial charge in [-0.25, -0.2) is 4.39 Å².